The van der Waals surface area contributed by atoms with Gasteiger partial charge in [-0.2, -0.15) is 0 Å². The molecule has 1 saturated carbocycles. The highest BCUT2D eigenvalue weighted by molar-refractivity contribution is 5.89. The van der Waals surface area contributed by atoms with Crippen molar-refractivity contribution in [1.29, 1.82) is 0 Å². The van der Waals surface area contributed by atoms with Gasteiger partial charge in [-0.25, -0.2) is 4.79 Å². The van der Waals surface area contributed by atoms with Crippen LogP contribution in [0.25, 0.3) is 0 Å². The Morgan fingerprint density at radius 1 is 1.29 bits per heavy atom. The van der Waals surface area contributed by atoms with Crippen LogP contribution in [0.3, 0.4) is 0 Å². The zero-order chi connectivity index (χ0) is 9.80. The summed E-state index contributed by atoms with van der Waals surface area (Å²) < 4.78 is 4.78. The van der Waals surface area contributed by atoms with Crippen LogP contribution in [-0.2, 0) is 4.74 Å². The summed E-state index contributed by atoms with van der Waals surface area (Å²) in [5.41, 5.74) is 0.539. The number of ether oxygens (including phenoxy) is 1. The fourth-order valence-electron chi connectivity index (χ4n) is 1.02. The van der Waals surface area contributed by atoms with E-state index >= 15 is 0 Å². The highest BCUT2D eigenvalue weighted by Crippen LogP contribution is 2.27. The van der Waals surface area contributed by atoms with Crippen molar-refractivity contribution in [2.75, 3.05) is 0 Å². The van der Waals surface area contributed by atoms with Crippen LogP contribution in [0.15, 0.2) is 30.3 Å². The fraction of sp³-hybridized carbons (Fsp3) is 0.250. The van der Waals surface area contributed by atoms with Crippen molar-refractivity contribution in [2.45, 2.75) is 12.8 Å². The second-order valence-electron chi connectivity index (χ2n) is 3.28. The van der Waals surface area contributed by atoms with Crippen LogP contribution in [0, 0.1) is 17.9 Å². The number of carbonyl (C=O) groups excluding carboxylic acids is 1. The second kappa shape index (κ2) is 3.97. The molecule has 2 rings (SSSR count). The van der Waals surface area contributed by atoms with E-state index in [-0.39, 0.29) is 5.97 Å². The van der Waals surface area contributed by atoms with E-state index in [0.717, 1.165) is 12.8 Å². The molecule has 0 radical (unpaired) electrons. The molecule has 0 aromatic heterocycles. The Kier molecular flexibility index (Phi) is 2.51. The Hall–Kier alpha value is -1.75. The monoisotopic (exact) mass is 186 g/mol. The van der Waals surface area contributed by atoms with Crippen LogP contribution in [0.5, 0.6) is 0 Å². The van der Waals surface area contributed by atoms with Gasteiger partial charge in [-0.15, -0.1) is 0 Å². The molecule has 14 heavy (non-hydrogen) atoms. The van der Waals surface area contributed by atoms with E-state index in [0.29, 0.717) is 11.5 Å². The first kappa shape index (κ1) is 8.83. The molecule has 0 aliphatic heterocycles. The molecular formula is C12H10O2. The molecule has 0 atom stereocenters. The standard InChI is InChI=1S/C12H10O2/c13-12(11-4-2-1-3-5-11)14-9-8-10-6-7-10/h1-5,10H,6-7H2. The van der Waals surface area contributed by atoms with Crippen molar-refractivity contribution in [3.8, 4) is 12.0 Å². The molecule has 1 fully saturated rings. The van der Waals surface area contributed by atoms with Gasteiger partial charge in [0.05, 0.1) is 5.56 Å². The lowest BCUT2D eigenvalue weighted by molar-refractivity contribution is 0.0690. The molecule has 2 nitrogen and oxygen atoms in total. The number of hydrogen-bond acceptors (Lipinski definition) is 2. The van der Waals surface area contributed by atoms with Gasteiger partial charge in [-0.05, 0) is 25.0 Å². The van der Waals surface area contributed by atoms with Gasteiger partial charge in [-0.1, -0.05) is 24.1 Å². The molecule has 0 heterocycles. The third kappa shape index (κ3) is 2.37. The van der Waals surface area contributed by atoms with E-state index in [2.05, 4.69) is 12.0 Å². The molecule has 1 aromatic rings. The van der Waals surface area contributed by atoms with Crippen molar-refractivity contribution in [3.05, 3.63) is 35.9 Å². The highest BCUT2D eigenvalue weighted by Gasteiger charge is 2.18. The van der Waals surface area contributed by atoms with E-state index in [4.69, 9.17) is 4.74 Å². The number of esters is 1. The maximum atomic E-state index is 11.3. The van der Waals surface area contributed by atoms with Gasteiger partial charge in [0.15, 0.2) is 0 Å². The smallest absolute Gasteiger partial charge is 0.352 e. The van der Waals surface area contributed by atoms with Gasteiger partial charge in [-0.3, -0.25) is 0 Å². The van der Waals surface area contributed by atoms with E-state index < -0.39 is 0 Å². The molecule has 1 aromatic carbocycles. The van der Waals surface area contributed by atoms with Crippen LogP contribution >= 0.6 is 0 Å². The van der Waals surface area contributed by atoms with Crippen LogP contribution in [0.4, 0.5) is 0 Å². The van der Waals surface area contributed by atoms with Crippen molar-refractivity contribution in [2.24, 2.45) is 5.92 Å². The van der Waals surface area contributed by atoms with E-state index in [1.807, 2.05) is 6.07 Å². The van der Waals surface area contributed by atoms with Crippen molar-refractivity contribution >= 4 is 5.97 Å². The Morgan fingerprint density at radius 3 is 2.64 bits per heavy atom. The number of carbonyl (C=O) groups is 1. The summed E-state index contributed by atoms with van der Waals surface area (Å²) in [6.07, 6.45) is 4.72. The molecule has 0 amide bonds. The Labute approximate surface area is 82.9 Å². The summed E-state index contributed by atoms with van der Waals surface area (Å²) >= 11 is 0. The summed E-state index contributed by atoms with van der Waals surface area (Å²) in [6.45, 7) is 0. The third-order valence-electron chi connectivity index (χ3n) is 1.99. The summed E-state index contributed by atoms with van der Waals surface area (Å²) in [4.78, 5) is 11.3. The van der Waals surface area contributed by atoms with Gasteiger partial charge in [0.2, 0.25) is 0 Å². The Morgan fingerprint density at radius 2 is 2.00 bits per heavy atom. The molecule has 0 spiro atoms. The van der Waals surface area contributed by atoms with Gasteiger partial charge >= 0.3 is 5.97 Å². The second-order valence-corrected chi connectivity index (χ2v) is 3.28. The first-order valence-corrected chi connectivity index (χ1v) is 4.63. The molecule has 0 unspecified atom stereocenters. The van der Waals surface area contributed by atoms with Crippen molar-refractivity contribution in [3.63, 3.8) is 0 Å². The summed E-state index contributed by atoms with van der Waals surface area (Å²) in [5, 5.41) is 0. The Balaban J connectivity index is 1.93. The molecule has 70 valence electrons. The lowest BCUT2D eigenvalue weighted by atomic mass is 10.2. The average molecular weight is 186 g/mol. The predicted molar refractivity (Wildman–Crippen MR) is 52.4 cm³/mol. The zero-order valence-corrected chi connectivity index (χ0v) is 7.69. The summed E-state index contributed by atoms with van der Waals surface area (Å²) in [5.74, 6) is 2.95. The maximum absolute atomic E-state index is 11.3. The topological polar surface area (TPSA) is 26.3 Å². The van der Waals surface area contributed by atoms with E-state index in [1.165, 1.54) is 0 Å². The van der Waals surface area contributed by atoms with Crippen molar-refractivity contribution in [1.82, 2.24) is 0 Å². The quantitative estimate of drug-likeness (QED) is 0.496. The van der Waals surface area contributed by atoms with E-state index in [9.17, 15) is 4.79 Å². The Bertz CT molecular complexity index is 380. The third-order valence-corrected chi connectivity index (χ3v) is 1.99. The van der Waals surface area contributed by atoms with Gasteiger partial charge in [0.25, 0.3) is 0 Å². The lowest BCUT2D eigenvalue weighted by Gasteiger charge is -1.94. The van der Waals surface area contributed by atoms with Gasteiger partial charge in [0, 0.05) is 5.92 Å². The lowest BCUT2D eigenvalue weighted by Crippen LogP contribution is -1.99. The molecule has 0 bridgehead atoms. The first-order valence-electron chi connectivity index (χ1n) is 4.63. The largest absolute Gasteiger partial charge is 0.368 e. The number of rotatable bonds is 1. The number of benzene rings is 1. The minimum atomic E-state index is -0.376. The summed E-state index contributed by atoms with van der Waals surface area (Å²) in [7, 11) is 0. The van der Waals surface area contributed by atoms with Crippen LogP contribution in [0.1, 0.15) is 23.2 Å². The number of hydrogen-bond donors (Lipinski definition) is 0. The van der Waals surface area contributed by atoms with E-state index in [1.54, 1.807) is 24.3 Å². The predicted octanol–water partition coefficient (Wildman–Crippen LogP) is 2.21. The van der Waals surface area contributed by atoms with Gasteiger partial charge in [0.1, 0.15) is 6.11 Å². The highest BCUT2D eigenvalue weighted by atomic mass is 16.5. The zero-order valence-electron chi connectivity index (χ0n) is 7.69. The SMILES string of the molecule is O=C(OC#CC1CC1)c1ccccc1. The minimum Gasteiger partial charge on any atom is -0.368 e. The first-order chi connectivity index (χ1) is 6.86. The van der Waals surface area contributed by atoms with Crippen molar-refractivity contribution < 1.29 is 9.53 Å². The summed E-state index contributed by atoms with van der Waals surface area (Å²) in [6, 6.07) is 8.87. The molecule has 0 saturated heterocycles. The average Bonchev–Trinajstić information content (AvgIpc) is 3.03. The molecule has 0 N–H and O–H groups in total. The van der Waals surface area contributed by atoms with Crippen LogP contribution in [-0.4, -0.2) is 5.97 Å². The molecule has 1 aliphatic carbocycles. The minimum absolute atomic E-state index is 0.376. The van der Waals surface area contributed by atoms with Crippen LogP contribution < -0.4 is 0 Å². The molecule has 1 aliphatic rings. The molecule has 2 heteroatoms. The van der Waals surface area contributed by atoms with Gasteiger partial charge < -0.3 is 4.74 Å². The maximum Gasteiger partial charge on any atom is 0.352 e. The van der Waals surface area contributed by atoms with Crippen LogP contribution in [0.2, 0.25) is 0 Å². The molecular weight excluding hydrogens is 176 g/mol. The fourth-order valence-corrected chi connectivity index (χ4v) is 1.02. The normalized spacial score (nSPS) is 14.0.